The molecule has 4 nitrogen and oxygen atoms in total. The summed E-state index contributed by atoms with van der Waals surface area (Å²) in [5.74, 6) is 2.32. The number of ether oxygens (including phenoxy) is 1. The molecular weight excluding hydrogens is 262 g/mol. The van der Waals surface area contributed by atoms with Gasteiger partial charge in [-0.1, -0.05) is 0 Å². The van der Waals surface area contributed by atoms with Gasteiger partial charge in [0, 0.05) is 53.1 Å². The third kappa shape index (κ3) is 3.64. The van der Waals surface area contributed by atoms with Crippen LogP contribution in [0.2, 0.25) is 0 Å². The second-order valence-corrected chi connectivity index (χ2v) is 6.40. The highest BCUT2D eigenvalue weighted by atomic mass is 32.2. The quantitative estimate of drug-likeness (QED) is 0.784. The van der Waals surface area contributed by atoms with Crippen LogP contribution in [-0.4, -0.2) is 46.6 Å². The van der Waals surface area contributed by atoms with E-state index in [2.05, 4.69) is 4.90 Å². The van der Waals surface area contributed by atoms with Crippen molar-refractivity contribution < 1.29 is 13.7 Å². The Morgan fingerprint density at radius 1 is 1.37 bits per heavy atom. The predicted molar refractivity (Wildman–Crippen MR) is 76.2 cm³/mol. The average molecular weight is 281 g/mol. The van der Waals surface area contributed by atoms with Gasteiger partial charge in [0.25, 0.3) is 0 Å². The van der Waals surface area contributed by atoms with E-state index < -0.39 is 10.8 Å². The van der Waals surface area contributed by atoms with Gasteiger partial charge in [-0.15, -0.1) is 0 Å². The first-order chi connectivity index (χ1) is 9.10. The number of carbonyl (C=O) groups is 1. The molecule has 1 aliphatic heterocycles. The van der Waals surface area contributed by atoms with Gasteiger partial charge in [0.2, 0.25) is 0 Å². The Morgan fingerprint density at radius 3 is 2.63 bits per heavy atom. The van der Waals surface area contributed by atoms with E-state index in [1.54, 1.807) is 20.1 Å². The SMILES string of the molecule is COc1ccc(C(C)=O)cc1CN1CCS(=O)CC1. The second kappa shape index (κ2) is 6.30. The summed E-state index contributed by atoms with van der Waals surface area (Å²) in [6.45, 7) is 3.97. The van der Waals surface area contributed by atoms with Crippen molar-refractivity contribution in [1.82, 2.24) is 4.90 Å². The minimum atomic E-state index is -0.665. The van der Waals surface area contributed by atoms with Crippen molar-refractivity contribution >= 4 is 16.6 Å². The fourth-order valence-corrected chi connectivity index (χ4v) is 3.32. The Morgan fingerprint density at radius 2 is 2.05 bits per heavy atom. The van der Waals surface area contributed by atoms with Crippen molar-refractivity contribution in [2.45, 2.75) is 13.5 Å². The van der Waals surface area contributed by atoms with Crippen LogP contribution in [0, 0.1) is 0 Å². The van der Waals surface area contributed by atoms with Gasteiger partial charge in [-0.3, -0.25) is 13.9 Å². The van der Waals surface area contributed by atoms with Crippen LogP contribution in [-0.2, 0) is 17.3 Å². The molecule has 0 aliphatic carbocycles. The molecule has 2 rings (SSSR count). The van der Waals surface area contributed by atoms with E-state index in [0.717, 1.165) is 42.5 Å². The van der Waals surface area contributed by atoms with E-state index in [0.29, 0.717) is 5.56 Å². The zero-order valence-corrected chi connectivity index (χ0v) is 12.2. The van der Waals surface area contributed by atoms with Crippen LogP contribution in [0.1, 0.15) is 22.8 Å². The Hall–Kier alpha value is -1.20. The second-order valence-electron chi connectivity index (χ2n) is 4.71. The number of carbonyl (C=O) groups excluding carboxylic acids is 1. The molecule has 1 saturated heterocycles. The highest BCUT2D eigenvalue weighted by Gasteiger charge is 2.17. The van der Waals surface area contributed by atoms with Crippen molar-refractivity contribution in [3.05, 3.63) is 29.3 Å². The standard InChI is InChI=1S/C14H19NO3S/c1-11(16)12-3-4-14(18-2)13(9-12)10-15-5-7-19(17)8-6-15/h3-4,9H,5-8,10H2,1-2H3. The fraction of sp³-hybridized carbons (Fsp3) is 0.500. The summed E-state index contributed by atoms with van der Waals surface area (Å²) in [4.78, 5) is 13.7. The minimum absolute atomic E-state index is 0.0589. The number of Topliss-reactive ketones (excluding diaryl/α,β-unsaturated/α-hetero) is 1. The lowest BCUT2D eigenvalue weighted by Gasteiger charge is -2.26. The van der Waals surface area contributed by atoms with Gasteiger partial charge < -0.3 is 4.74 Å². The molecule has 0 aromatic heterocycles. The van der Waals surface area contributed by atoms with Crippen LogP contribution in [0.15, 0.2) is 18.2 Å². The number of hydrogen-bond donors (Lipinski definition) is 0. The highest BCUT2D eigenvalue weighted by Crippen LogP contribution is 2.22. The maximum atomic E-state index is 11.4. The van der Waals surface area contributed by atoms with Crippen LogP contribution >= 0.6 is 0 Å². The van der Waals surface area contributed by atoms with E-state index in [1.165, 1.54) is 0 Å². The molecule has 5 heteroatoms. The van der Waals surface area contributed by atoms with E-state index in [-0.39, 0.29) is 5.78 Å². The minimum Gasteiger partial charge on any atom is -0.496 e. The molecule has 0 saturated carbocycles. The number of benzene rings is 1. The molecule has 0 atom stereocenters. The third-order valence-electron chi connectivity index (χ3n) is 3.35. The normalized spacial score (nSPS) is 17.4. The summed E-state index contributed by atoms with van der Waals surface area (Å²) in [7, 11) is 0.972. The third-order valence-corrected chi connectivity index (χ3v) is 4.63. The molecule has 19 heavy (non-hydrogen) atoms. The van der Waals surface area contributed by atoms with Crippen LogP contribution in [0.4, 0.5) is 0 Å². The Kier molecular flexibility index (Phi) is 4.71. The molecule has 1 aliphatic rings. The first kappa shape index (κ1) is 14.2. The Labute approximate surface area is 116 Å². The molecule has 0 spiro atoms. The Bertz CT molecular complexity index is 491. The van der Waals surface area contributed by atoms with Gasteiger partial charge in [-0.2, -0.15) is 0 Å². The van der Waals surface area contributed by atoms with Gasteiger partial charge in [0.05, 0.1) is 7.11 Å². The summed E-state index contributed by atoms with van der Waals surface area (Å²) in [5, 5.41) is 0. The van der Waals surface area contributed by atoms with E-state index >= 15 is 0 Å². The van der Waals surface area contributed by atoms with E-state index in [4.69, 9.17) is 4.74 Å². The van der Waals surface area contributed by atoms with Crippen molar-refractivity contribution in [3.8, 4) is 5.75 Å². The zero-order valence-electron chi connectivity index (χ0n) is 11.3. The van der Waals surface area contributed by atoms with E-state index in [9.17, 15) is 9.00 Å². The first-order valence-corrected chi connectivity index (χ1v) is 7.84. The molecule has 1 aromatic rings. The number of nitrogens with zero attached hydrogens (tertiary/aromatic N) is 1. The molecule has 0 amide bonds. The molecule has 1 aromatic carbocycles. The monoisotopic (exact) mass is 281 g/mol. The molecule has 0 radical (unpaired) electrons. The van der Waals surface area contributed by atoms with Crippen LogP contribution in [0.3, 0.4) is 0 Å². The summed E-state index contributed by atoms with van der Waals surface area (Å²) in [5.41, 5.74) is 1.72. The van der Waals surface area contributed by atoms with Gasteiger partial charge in [0.1, 0.15) is 5.75 Å². The number of rotatable bonds is 4. The van der Waals surface area contributed by atoms with Gasteiger partial charge >= 0.3 is 0 Å². The number of hydrogen-bond acceptors (Lipinski definition) is 4. The average Bonchev–Trinajstić information content (AvgIpc) is 2.41. The van der Waals surface area contributed by atoms with Crippen molar-refractivity contribution in [2.24, 2.45) is 0 Å². The van der Waals surface area contributed by atoms with Crippen molar-refractivity contribution in [3.63, 3.8) is 0 Å². The topological polar surface area (TPSA) is 46.6 Å². The van der Waals surface area contributed by atoms with Crippen LogP contribution < -0.4 is 4.74 Å². The molecule has 1 fully saturated rings. The smallest absolute Gasteiger partial charge is 0.159 e. The zero-order chi connectivity index (χ0) is 13.8. The lowest BCUT2D eigenvalue weighted by Crippen LogP contribution is -2.37. The fourth-order valence-electron chi connectivity index (χ4n) is 2.20. The molecule has 104 valence electrons. The van der Waals surface area contributed by atoms with Crippen molar-refractivity contribution in [1.29, 1.82) is 0 Å². The summed E-state index contributed by atoms with van der Waals surface area (Å²) >= 11 is 0. The lowest BCUT2D eigenvalue weighted by molar-refractivity contribution is 0.101. The van der Waals surface area contributed by atoms with E-state index in [1.807, 2.05) is 12.1 Å². The lowest BCUT2D eigenvalue weighted by atomic mass is 10.1. The predicted octanol–water partition coefficient (Wildman–Crippen LogP) is 1.46. The maximum Gasteiger partial charge on any atom is 0.159 e. The highest BCUT2D eigenvalue weighted by molar-refractivity contribution is 7.85. The molecule has 0 bridgehead atoms. The summed E-state index contributed by atoms with van der Waals surface area (Å²) in [6.07, 6.45) is 0. The molecule has 0 unspecified atom stereocenters. The van der Waals surface area contributed by atoms with Crippen LogP contribution in [0.25, 0.3) is 0 Å². The van der Waals surface area contributed by atoms with Gasteiger partial charge in [0.15, 0.2) is 5.78 Å². The molecule has 1 heterocycles. The molecule has 0 N–H and O–H groups in total. The summed E-state index contributed by atoms with van der Waals surface area (Å²) in [6, 6.07) is 5.52. The first-order valence-electron chi connectivity index (χ1n) is 6.35. The number of ketones is 1. The van der Waals surface area contributed by atoms with Crippen LogP contribution in [0.5, 0.6) is 5.75 Å². The summed E-state index contributed by atoms with van der Waals surface area (Å²) < 4.78 is 16.7. The molecular formula is C14H19NO3S. The van der Waals surface area contributed by atoms with Gasteiger partial charge in [-0.05, 0) is 25.1 Å². The number of methoxy groups -OCH3 is 1. The van der Waals surface area contributed by atoms with Crippen molar-refractivity contribution in [2.75, 3.05) is 31.7 Å². The Balaban J connectivity index is 2.15. The maximum absolute atomic E-state index is 11.4. The van der Waals surface area contributed by atoms with Gasteiger partial charge in [-0.25, -0.2) is 0 Å². The largest absolute Gasteiger partial charge is 0.496 e.